The van der Waals surface area contributed by atoms with E-state index in [0.717, 1.165) is 24.5 Å². The third-order valence-corrected chi connectivity index (χ3v) is 3.57. The van der Waals surface area contributed by atoms with Gasteiger partial charge in [-0.05, 0) is 18.6 Å². The van der Waals surface area contributed by atoms with Crippen LogP contribution in [0.1, 0.15) is 18.5 Å². The van der Waals surface area contributed by atoms with E-state index in [1.807, 2.05) is 24.9 Å². The Morgan fingerprint density at radius 3 is 2.67 bits per heavy atom. The van der Waals surface area contributed by atoms with Crippen LogP contribution in [0.3, 0.4) is 0 Å². The second-order valence-corrected chi connectivity index (χ2v) is 5.06. The van der Waals surface area contributed by atoms with Gasteiger partial charge in [0.05, 0.1) is 0 Å². The van der Waals surface area contributed by atoms with Gasteiger partial charge < -0.3 is 10.6 Å². The summed E-state index contributed by atoms with van der Waals surface area (Å²) < 4.78 is 0. The molecule has 0 amide bonds. The Labute approximate surface area is 95.1 Å². The van der Waals surface area contributed by atoms with Crippen molar-refractivity contribution in [1.82, 2.24) is 4.98 Å². The maximum Gasteiger partial charge on any atom is 0.128 e. The molecule has 3 nitrogen and oxygen atoms in total. The van der Waals surface area contributed by atoms with Gasteiger partial charge in [0.15, 0.2) is 0 Å². The summed E-state index contributed by atoms with van der Waals surface area (Å²) >= 11 is 2.01. The summed E-state index contributed by atoms with van der Waals surface area (Å²) in [6.07, 6.45) is 1.89. The molecule has 1 fully saturated rings. The van der Waals surface area contributed by atoms with Crippen molar-refractivity contribution in [3.63, 3.8) is 0 Å². The zero-order chi connectivity index (χ0) is 10.7. The van der Waals surface area contributed by atoms with Gasteiger partial charge >= 0.3 is 0 Å². The monoisotopic (exact) mass is 223 g/mol. The minimum Gasteiger partial charge on any atom is -0.355 e. The fourth-order valence-electron chi connectivity index (χ4n) is 1.65. The standard InChI is InChI=1S/C11H17N3S/c1-9(12)10-2-3-11(13-8-10)14-4-6-15-7-5-14/h2-3,8-9H,4-7,12H2,1H3/t9-/m0/s1. The first-order valence-corrected chi connectivity index (χ1v) is 6.47. The van der Waals surface area contributed by atoms with Gasteiger partial charge in [0.1, 0.15) is 5.82 Å². The Balaban J connectivity index is 2.08. The van der Waals surface area contributed by atoms with Crippen molar-refractivity contribution in [2.24, 2.45) is 5.73 Å². The molecule has 1 aliphatic heterocycles. The maximum atomic E-state index is 5.79. The summed E-state index contributed by atoms with van der Waals surface area (Å²) in [5.41, 5.74) is 6.89. The Kier molecular flexibility index (Phi) is 3.49. The normalized spacial score (nSPS) is 18.9. The summed E-state index contributed by atoms with van der Waals surface area (Å²) in [7, 11) is 0. The minimum absolute atomic E-state index is 0.0726. The van der Waals surface area contributed by atoms with Crippen LogP contribution in [0.2, 0.25) is 0 Å². The summed E-state index contributed by atoms with van der Waals surface area (Å²) in [4.78, 5) is 6.80. The Morgan fingerprint density at radius 1 is 1.40 bits per heavy atom. The molecule has 15 heavy (non-hydrogen) atoms. The van der Waals surface area contributed by atoms with E-state index in [-0.39, 0.29) is 6.04 Å². The number of anilines is 1. The predicted octanol–water partition coefficient (Wildman–Crippen LogP) is 1.65. The predicted molar refractivity (Wildman–Crippen MR) is 66.4 cm³/mol. The summed E-state index contributed by atoms with van der Waals surface area (Å²) in [5.74, 6) is 3.49. The van der Waals surface area contributed by atoms with Crippen LogP contribution in [-0.4, -0.2) is 29.6 Å². The molecule has 0 spiro atoms. The third-order valence-electron chi connectivity index (χ3n) is 2.63. The van der Waals surface area contributed by atoms with Crippen molar-refractivity contribution in [2.75, 3.05) is 29.5 Å². The molecule has 1 aromatic rings. The van der Waals surface area contributed by atoms with E-state index in [1.165, 1.54) is 11.5 Å². The lowest BCUT2D eigenvalue weighted by Gasteiger charge is -2.27. The lowest BCUT2D eigenvalue weighted by atomic mass is 10.1. The van der Waals surface area contributed by atoms with Crippen LogP contribution >= 0.6 is 11.8 Å². The van der Waals surface area contributed by atoms with Crippen LogP contribution in [0.4, 0.5) is 5.82 Å². The number of nitrogens with zero attached hydrogens (tertiary/aromatic N) is 2. The van der Waals surface area contributed by atoms with Crippen molar-refractivity contribution in [3.05, 3.63) is 23.9 Å². The molecule has 2 rings (SSSR count). The zero-order valence-corrected chi connectivity index (χ0v) is 9.83. The molecule has 1 aromatic heterocycles. The average molecular weight is 223 g/mol. The lowest BCUT2D eigenvalue weighted by Crippen LogP contribution is -2.33. The van der Waals surface area contributed by atoms with Crippen LogP contribution in [0.5, 0.6) is 0 Å². The highest BCUT2D eigenvalue weighted by atomic mass is 32.2. The maximum absolute atomic E-state index is 5.79. The molecule has 0 radical (unpaired) electrons. The zero-order valence-electron chi connectivity index (χ0n) is 9.02. The van der Waals surface area contributed by atoms with E-state index in [2.05, 4.69) is 22.0 Å². The molecule has 2 heterocycles. The van der Waals surface area contributed by atoms with Crippen LogP contribution in [0, 0.1) is 0 Å². The van der Waals surface area contributed by atoms with Gasteiger partial charge in [0.2, 0.25) is 0 Å². The molecule has 1 atom stereocenters. The summed E-state index contributed by atoms with van der Waals surface area (Å²) in [6.45, 7) is 4.19. The van der Waals surface area contributed by atoms with Gasteiger partial charge in [-0.3, -0.25) is 0 Å². The number of nitrogens with two attached hydrogens (primary N) is 1. The Morgan fingerprint density at radius 2 is 2.13 bits per heavy atom. The molecule has 0 unspecified atom stereocenters. The van der Waals surface area contributed by atoms with E-state index >= 15 is 0 Å². The molecule has 1 aliphatic rings. The number of pyridine rings is 1. The van der Waals surface area contributed by atoms with Crippen LogP contribution in [-0.2, 0) is 0 Å². The van der Waals surface area contributed by atoms with E-state index < -0.39 is 0 Å². The highest BCUT2D eigenvalue weighted by Crippen LogP contribution is 2.18. The number of rotatable bonds is 2. The number of aromatic nitrogens is 1. The minimum atomic E-state index is 0.0726. The SMILES string of the molecule is C[C@H](N)c1ccc(N2CCSCC2)nc1. The number of hydrogen-bond acceptors (Lipinski definition) is 4. The summed E-state index contributed by atoms with van der Waals surface area (Å²) in [5, 5.41) is 0. The van der Waals surface area contributed by atoms with Gasteiger partial charge in [0, 0.05) is 36.8 Å². The second-order valence-electron chi connectivity index (χ2n) is 3.84. The quantitative estimate of drug-likeness (QED) is 0.828. The van der Waals surface area contributed by atoms with Crippen molar-refractivity contribution in [3.8, 4) is 0 Å². The fourth-order valence-corrected chi connectivity index (χ4v) is 2.55. The molecule has 82 valence electrons. The Bertz CT molecular complexity index is 304. The van der Waals surface area contributed by atoms with Crippen molar-refractivity contribution in [1.29, 1.82) is 0 Å². The van der Waals surface area contributed by atoms with Crippen molar-refractivity contribution >= 4 is 17.6 Å². The largest absolute Gasteiger partial charge is 0.355 e. The van der Waals surface area contributed by atoms with E-state index in [0.29, 0.717) is 0 Å². The first-order valence-electron chi connectivity index (χ1n) is 5.31. The third kappa shape index (κ3) is 2.63. The molecule has 0 bridgehead atoms. The van der Waals surface area contributed by atoms with Crippen LogP contribution in [0.25, 0.3) is 0 Å². The van der Waals surface area contributed by atoms with Crippen LogP contribution < -0.4 is 10.6 Å². The van der Waals surface area contributed by atoms with Gasteiger partial charge in [-0.1, -0.05) is 6.07 Å². The van der Waals surface area contributed by atoms with Gasteiger partial charge in [0.25, 0.3) is 0 Å². The molecule has 2 N–H and O–H groups in total. The highest BCUT2D eigenvalue weighted by molar-refractivity contribution is 7.99. The van der Waals surface area contributed by atoms with E-state index in [9.17, 15) is 0 Å². The lowest BCUT2D eigenvalue weighted by molar-refractivity contribution is 0.800. The second kappa shape index (κ2) is 4.86. The summed E-state index contributed by atoms with van der Waals surface area (Å²) in [6, 6.07) is 4.23. The molecule has 1 saturated heterocycles. The molecular weight excluding hydrogens is 206 g/mol. The van der Waals surface area contributed by atoms with Crippen LogP contribution in [0.15, 0.2) is 18.3 Å². The molecule has 0 aliphatic carbocycles. The Hall–Kier alpha value is -0.740. The first kappa shape index (κ1) is 10.8. The van der Waals surface area contributed by atoms with E-state index in [4.69, 9.17) is 5.73 Å². The van der Waals surface area contributed by atoms with Crippen molar-refractivity contribution < 1.29 is 0 Å². The van der Waals surface area contributed by atoms with Gasteiger partial charge in [-0.2, -0.15) is 11.8 Å². The molecular formula is C11H17N3S. The highest BCUT2D eigenvalue weighted by Gasteiger charge is 2.12. The van der Waals surface area contributed by atoms with Gasteiger partial charge in [-0.25, -0.2) is 4.98 Å². The molecule has 0 saturated carbocycles. The number of thioether (sulfide) groups is 1. The first-order chi connectivity index (χ1) is 7.27. The smallest absolute Gasteiger partial charge is 0.128 e. The topological polar surface area (TPSA) is 42.1 Å². The van der Waals surface area contributed by atoms with Crippen molar-refractivity contribution in [2.45, 2.75) is 13.0 Å². The van der Waals surface area contributed by atoms with E-state index in [1.54, 1.807) is 0 Å². The van der Waals surface area contributed by atoms with Gasteiger partial charge in [-0.15, -0.1) is 0 Å². The number of hydrogen-bond donors (Lipinski definition) is 1. The fraction of sp³-hybridized carbons (Fsp3) is 0.545. The molecule has 0 aromatic carbocycles. The molecule has 4 heteroatoms. The average Bonchev–Trinajstić information content (AvgIpc) is 2.30.